The molecule has 3 heteroatoms. The monoisotopic (exact) mass is 187 g/mol. The van der Waals surface area contributed by atoms with Crippen LogP contribution in [-0.4, -0.2) is 5.16 Å². The van der Waals surface area contributed by atoms with Gasteiger partial charge in [-0.2, -0.15) is 0 Å². The first kappa shape index (κ1) is 9.59. The van der Waals surface area contributed by atoms with Crippen molar-refractivity contribution < 1.29 is 4.52 Å². The molecule has 12 heavy (non-hydrogen) atoms. The van der Waals surface area contributed by atoms with Crippen LogP contribution in [-0.2, 0) is 12.3 Å². The summed E-state index contributed by atoms with van der Waals surface area (Å²) in [6.45, 7) is 2.19. The average molecular weight is 188 g/mol. The molecule has 0 amide bonds. The van der Waals surface area contributed by atoms with Crippen LogP contribution in [0.2, 0.25) is 0 Å². The topological polar surface area (TPSA) is 26.0 Å². The Morgan fingerprint density at radius 3 is 3.00 bits per heavy atom. The number of hydrogen-bond donors (Lipinski definition) is 0. The molecule has 0 unspecified atom stereocenters. The van der Waals surface area contributed by atoms with Gasteiger partial charge < -0.3 is 4.52 Å². The Morgan fingerprint density at radius 2 is 2.33 bits per heavy atom. The molecule has 0 saturated carbocycles. The number of nitrogens with zero attached hydrogens (tertiary/aromatic N) is 1. The molecule has 1 rings (SSSR count). The highest BCUT2D eigenvalue weighted by Crippen LogP contribution is 2.12. The molecule has 0 aliphatic heterocycles. The van der Waals surface area contributed by atoms with Gasteiger partial charge in [-0.3, -0.25) is 0 Å². The lowest BCUT2D eigenvalue weighted by molar-refractivity contribution is 0.410. The molecular weight excluding hydrogens is 174 g/mol. The molecule has 0 atom stereocenters. The molecule has 1 aromatic rings. The van der Waals surface area contributed by atoms with Crippen LogP contribution in [0.25, 0.3) is 0 Å². The molecule has 0 spiro atoms. The zero-order chi connectivity index (χ0) is 8.81. The third-order valence-corrected chi connectivity index (χ3v) is 2.18. The van der Waals surface area contributed by atoms with Crippen molar-refractivity contribution in [3.05, 3.63) is 17.5 Å². The summed E-state index contributed by atoms with van der Waals surface area (Å²) in [4.78, 5) is 0. The lowest BCUT2D eigenvalue weighted by Gasteiger charge is -1.95. The SMILES string of the molecule is CCCCCc1nocc1CCl. The van der Waals surface area contributed by atoms with Gasteiger partial charge in [0.25, 0.3) is 0 Å². The van der Waals surface area contributed by atoms with Crippen molar-refractivity contribution in [3.8, 4) is 0 Å². The lowest BCUT2D eigenvalue weighted by Crippen LogP contribution is -1.89. The van der Waals surface area contributed by atoms with Crippen LogP contribution in [0.15, 0.2) is 10.8 Å². The van der Waals surface area contributed by atoms with Gasteiger partial charge in [0.1, 0.15) is 6.26 Å². The molecule has 0 aromatic carbocycles. The standard InChI is InChI=1S/C9H14ClNO/c1-2-3-4-5-9-8(6-10)7-12-11-9/h7H,2-6H2,1H3. The van der Waals surface area contributed by atoms with Crippen LogP contribution in [0.3, 0.4) is 0 Å². The van der Waals surface area contributed by atoms with Gasteiger partial charge in [-0.1, -0.05) is 24.9 Å². The Kier molecular flexibility index (Phi) is 4.15. The maximum Gasteiger partial charge on any atom is 0.128 e. The molecule has 0 fully saturated rings. The van der Waals surface area contributed by atoms with Crippen LogP contribution < -0.4 is 0 Å². The largest absolute Gasteiger partial charge is 0.364 e. The Hall–Kier alpha value is -0.500. The Bertz CT molecular complexity index is 222. The van der Waals surface area contributed by atoms with E-state index in [1.165, 1.54) is 19.3 Å². The second kappa shape index (κ2) is 5.20. The van der Waals surface area contributed by atoms with E-state index >= 15 is 0 Å². The van der Waals surface area contributed by atoms with Crippen LogP contribution in [0, 0.1) is 0 Å². The van der Waals surface area contributed by atoms with Gasteiger partial charge >= 0.3 is 0 Å². The summed E-state index contributed by atoms with van der Waals surface area (Å²) < 4.78 is 4.83. The van der Waals surface area contributed by atoms with Gasteiger partial charge in [-0.25, -0.2) is 0 Å². The molecule has 68 valence electrons. The second-order valence-corrected chi connectivity index (χ2v) is 3.14. The maximum absolute atomic E-state index is 5.69. The van der Waals surface area contributed by atoms with E-state index in [0.29, 0.717) is 5.88 Å². The fourth-order valence-corrected chi connectivity index (χ4v) is 1.35. The second-order valence-electron chi connectivity index (χ2n) is 2.88. The molecule has 0 radical (unpaired) electrons. The number of aryl methyl sites for hydroxylation is 1. The summed E-state index contributed by atoms with van der Waals surface area (Å²) in [6.07, 6.45) is 6.27. The lowest BCUT2D eigenvalue weighted by atomic mass is 10.1. The summed E-state index contributed by atoms with van der Waals surface area (Å²) in [5.74, 6) is 0.505. The van der Waals surface area contributed by atoms with E-state index < -0.39 is 0 Å². The highest BCUT2D eigenvalue weighted by atomic mass is 35.5. The first-order chi connectivity index (χ1) is 5.88. The minimum Gasteiger partial charge on any atom is -0.364 e. The molecule has 1 heterocycles. The van der Waals surface area contributed by atoms with Crippen molar-refractivity contribution in [3.63, 3.8) is 0 Å². The van der Waals surface area contributed by atoms with Gasteiger partial charge in [0.15, 0.2) is 0 Å². The predicted octanol–water partition coefficient (Wildman–Crippen LogP) is 3.15. The van der Waals surface area contributed by atoms with Gasteiger partial charge in [0.2, 0.25) is 0 Å². The average Bonchev–Trinajstić information content (AvgIpc) is 2.52. The summed E-state index contributed by atoms with van der Waals surface area (Å²) in [7, 11) is 0. The summed E-state index contributed by atoms with van der Waals surface area (Å²) in [5, 5.41) is 3.90. The number of halogens is 1. The molecule has 2 nitrogen and oxygen atoms in total. The number of aromatic nitrogens is 1. The van der Waals surface area contributed by atoms with Crippen molar-refractivity contribution in [1.82, 2.24) is 5.16 Å². The fourth-order valence-electron chi connectivity index (χ4n) is 1.14. The fraction of sp³-hybridized carbons (Fsp3) is 0.667. The van der Waals surface area contributed by atoms with Crippen LogP contribution in [0.1, 0.15) is 37.4 Å². The molecule has 0 aliphatic rings. The summed E-state index contributed by atoms with van der Waals surface area (Å²) in [5.41, 5.74) is 2.06. The molecule has 0 saturated heterocycles. The van der Waals surface area contributed by atoms with E-state index in [-0.39, 0.29) is 0 Å². The van der Waals surface area contributed by atoms with Gasteiger partial charge in [0, 0.05) is 5.56 Å². The van der Waals surface area contributed by atoms with E-state index in [2.05, 4.69) is 12.1 Å². The zero-order valence-corrected chi connectivity index (χ0v) is 8.10. The van der Waals surface area contributed by atoms with Crippen molar-refractivity contribution in [1.29, 1.82) is 0 Å². The van der Waals surface area contributed by atoms with E-state index in [0.717, 1.165) is 17.7 Å². The normalized spacial score (nSPS) is 10.5. The maximum atomic E-state index is 5.69. The van der Waals surface area contributed by atoms with Crippen LogP contribution in [0.4, 0.5) is 0 Å². The number of hydrogen-bond acceptors (Lipinski definition) is 2. The molecule has 0 bridgehead atoms. The molecule has 0 N–H and O–H groups in total. The Morgan fingerprint density at radius 1 is 1.50 bits per heavy atom. The van der Waals surface area contributed by atoms with E-state index in [1.54, 1.807) is 6.26 Å². The van der Waals surface area contributed by atoms with Crippen LogP contribution in [0.5, 0.6) is 0 Å². The van der Waals surface area contributed by atoms with Crippen molar-refractivity contribution in [2.45, 2.75) is 38.5 Å². The minimum absolute atomic E-state index is 0.505. The smallest absolute Gasteiger partial charge is 0.128 e. The van der Waals surface area contributed by atoms with Gasteiger partial charge in [-0.05, 0) is 12.8 Å². The third kappa shape index (κ3) is 2.52. The predicted molar refractivity (Wildman–Crippen MR) is 49.3 cm³/mol. The van der Waals surface area contributed by atoms with E-state index in [4.69, 9.17) is 16.1 Å². The Labute approximate surface area is 77.9 Å². The van der Waals surface area contributed by atoms with Crippen molar-refractivity contribution >= 4 is 11.6 Å². The van der Waals surface area contributed by atoms with E-state index in [9.17, 15) is 0 Å². The highest BCUT2D eigenvalue weighted by Gasteiger charge is 2.04. The first-order valence-corrected chi connectivity index (χ1v) is 4.90. The van der Waals surface area contributed by atoms with Crippen molar-refractivity contribution in [2.75, 3.05) is 0 Å². The first-order valence-electron chi connectivity index (χ1n) is 4.36. The quantitative estimate of drug-likeness (QED) is 0.523. The molecule has 1 aromatic heterocycles. The summed E-state index contributed by atoms with van der Waals surface area (Å²) in [6, 6.07) is 0. The van der Waals surface area contributed by atoms with E-state index in [1.807, 2.05) is 0 Å². The van der Waals surface area contributed by atoms with Gasteiger partial charge in [-0.15, -0.1) is 11.6 Å². The molecular formula is C9H14ClNO. The highest BCUT2D eigenvalue weighted by molar-refractivity contribution is 6.17. The van der Waals surface area contributed by atoms with Gasteiger partial charge in [0.05, 0.1) is 11.6 Å². The van der Waals surface area contributed by atoms with Crippen molar-refractivity contribution in [2.24, 2.45) is 0 Å². The summed E-state index contributed by atoms with van der Waals surface area (Å²) >= 11 is 5.69. The third-order valence-electron chi connectivity index (χ3n) is 1.89. The number of rotatable bonds is 5. The van der Waals surface area contributed by atoms with Crippen LogP contribution >= 0.6 is 11.6 Å². The number of unbranched alkanes of at least 4 members (excludes halogenated alkanes) is 2. The number of alkyl halides is 1. The molecule has 0 aliphatic carbocycles. The Balaban J connectivity index is 2.39. The minimum atomic E-state index is 0.505. The zero-order valence-electron chi connectivity index (χ0n) is 7.35.